The molecule has 9 nitrogen and oxygen atoms in total. The lowest BCUT2D eigenvalue weighted by Crippen LogP contribution is -2.32. The van der Waals surface area contributed by atoms with Crippen LogP contribution < -0.4 is 10.1 Å². The van der Waals surface area contributed by atoms with Gasteiger partial charge in [0.15, 0.2) is 6.61 Å². The number of carbonyl (C=O) groups is 2. The molecule has 3 rings (SSSR count). The Balaban J connectivity index is 1.46. The summed E-state index contributed by atoms with van der Waals surface area (Å²) in [6.45, 7) is 2.12. The van der Waals surface area contributed by atoms with E-state index >= 15 is 0 Å². The lowest BCUT2D eigenvalue weighted by Gasteiger charge is -2.10. The standard InChI is InChI=1S/C18H19N5O4/c1-2-15-14(10-20-18-21-12-22-23(15)18)17(25)27-11-16(24)19-8-9-26-13-6-4-3-5-7-13/h3-7,10,12H,2,8-9,11H2,1H3,(H,19,24). The maximum Gasteiger partial charge on any atom is 0.342 e. The molecule has 1 N–H and O–H groups in total. The van der Waals surface area contributed by atoms with Crippen LogP contribution >= 0.6 is 0 Å². The fraction of sp³-hybridized carbons (Fsp3) is 0.278. The van der Waals surface area contributed by atoms with Gasteiger partial charge in [-0.05, 0) is 18.6 Å². The predicted molar refractivity (Wildman–Crippen MR) is 95.4 cm³/mol. The lowest BCUT2D eigenvalue weighted by molar-refractivity contribution is -0.124. The molecule has 0 atom stereocenters. The van der Waals surface area contributed by atoms with Crippen LogP contribution in [-0.4, -0.2) is 51.2 Å². The molecular formula is C18H19N5O4. The van der Waals surface area contributed by atoms with Crippen molar-refractivity contribution in [3.05, 3.63) is 54.1 Å². The van der Waals surface area contributed by atoms with Crippen molar-refractivity contribution >= 4 is 17.7 Å². The Bertz CT molecular complexity index is 926. The summed E-state index contributed by atoms with van der Waals surface area (Å²) in [5, 5.41) is 6.67. The molecule has 2 aromatic heterocycles. The SMILES string of the molecule is CCc1c(C(=O)OCC(=O)NCCOc2ccccc2)cnc2ncnn12. The first-order valence-electron chi connectivity index (χ1n) is 8.48. The molecule has 0 aliphatic heterocycles. The summed E-state index contributed by atoms with van der Waals surface area (Å²) in [6.07, 6.45) is 3.29. The summed E-state index contributed by atoms with van der Waals surface area (Å²) in [7, 11) is 0. The van der Waals surface area contributed by atoms with E-state index in [1.807, 2.05) is 37.3 Å². The second-order valence-corrected chi connectivity index (χ2v) is 5.53. The Kier molecular flexibility index (Phi) is 5.93. The predicted octanol–water partition coefficient (Wildman–Crippen LogP) is 1.04. The lowest BCUT2D eigenvalue weighted by atomic mass is 10.2. The summed E-state index contributed by atoms with van der Waals surface area (Å²) in [5.41, 5.74) is 0.884. The zero-order valence-corrected chi connectivity index (χ0v) is 14.8. The molecule has 27 heavy (non-hydrogen) atoms. The number of aryl methyl sites for hydroxylation is 1. The molecule has 0 unspecified atom stereocenters. The van der Waals surface area contributed by atoms with Crippen LogP contribution in [0.3, 0.4) is 0 Å². The molecule has 0 aliphatic rings. The van der Waals surface area contributed by atoms with Gasteiger partial charge >= 0.3 is 5.97 Å². The largest absolute Gasteiger partial charge is 0.492 e. The summed E-state index contributed by atoms with van der Waals surface area (Å²) in [4.78, 5) is 32.1. The number of fused-ring (bicyclic) bond motifs is 1. The third-order valence-corrected chi connectivity index (χ3v) is 3.73. The monoisotopic (exact) mass is 369 g/mol. The molecule has 0 saturated heterocycles. The molecule has 0 fully saturated rings. The first kappa shape index (κ1) is 18.3. The second kappa shape index (κ2) is 8.75. The van der Waals surface area contributed by atoms with Crippen LogP contribution in [0.2, 0.25) is 0 Å². The third kappa shape index (κ3) is 4.57. The molecule has 140 valence electrons. The maximum atomic E-state index is 12.3. The summed E-state index contributed by atoms with van der Waals surface area (Å²) in [5.74, 6) is 0.0844. The van der Waals surface area contributed by atoms with Gasteiger partial charge in [-0.15, -0.1) is 0 Å². The number of hydrogen-bond donors (Lipinski definition) is 1. The molecular weight excluding hydrogens is 350 g/mol. The van der Waals surface area contributed by atoms with Crippen LogP contribution in [0.5, 0.6) is 5.75 Å². The minimum atomic E-state index is -0.632. The number of nitrogens with zero attached hydrogens (tertiary/aromatic N) is 4. The van der Waals surface area contributed by atoms with Gasteiger partial charge in [0.05, 0.1) is 17.8 Å². The number of para-hydroxylation sites is 1. The van der Waals surface area contributed by atoms with Gasteiger partial charge in [0.1, 0.15) is 18.7 Å². The van der Waals surface area contributed by atoms with E-state index in [1.165, 1.54) is 17.0 Å². The highest BCUT2D eigenvalue weighted by atomic mass is 16.5. The molecule has 0 bridgehead atoms. The van der Waals surface area contributed by atoms with Crippen LogP contribution in [0.25, 0.3) is 5.78 Å². The normalized spacial score (nSPS) is 10.6. The van der Waals surface area contributed by atoms with Crippen molar-refractivity contribution in [2.75, 3.05) is 19.8 Å². The number of aromatic nitrogens is 4. The molecule has 2 heterocycles. The topological polar surface area (TPSA) is 108 Å². The second-order valence-electron chi connectivity index (χ2n) is 5.53. The van der Waals surface area contributed by atoms with Crippen LogP contribution in [0.4, 0.5) is 0 Å². The minimum Gasteiger partial charge on any atom is -0.492 e. The molecule has 3 aromatic rings. The van der Waals surface area contributed by atoms with Crippen molar-refractivity contribution in [3.63, 3.8) is 0 Å². The number of nitrogens with one attached hydrogen (secondary N) is 1. The fourth-order valence-corrected chi connectivity index (χ4v) is 2.47. The zero-order valence-electron chi connectivity index (χ0n) is 14.8. The number of ether oxygens (including phenoxy) is 2. The molecule has 1 aromatic carbocycles. The van der Waals surface area contributed by atoms with Gasteiger partial charge in [0.2, 0.25) is 0 Å². The smallest absolute Gasteiger partial charge is 0.342 e. The van der Waals surface area contributed by atoms with E-state index in [2.05, 4.69) is 20.4 Å². The van der Waals surface area contributed by atoms with E-state index in [1.54, 1.807) is 0 Å². The number of amides is 1. The van der Waals surface area contributed by atoms with Crippen molar-refractivity contribution in [2.24, 2.45) is 0 Å². The van der Waals surface area contributed by atoms with Crippen molar-refractivity contribution in [1.82, 2.24) is 24.9 Å². The van der Waals surface area contributed by atoms with E-state index < -0.39 is 11.9 Å². The number of rotatable bonds is 8. The van der Waals surface area contributed by atoms with E-state index in [0.717, 1.165) is 5.75 Å². The van der Waals surface area contributed by atoms with Gasteiger partial charge < -0.3 is 14.8 Å². The van der Waals surface area contributed by atoms with Gasteiger partial charge in [0.25, 0.3) is 11.7 Å². The Hall–Kier alpha value is -3.49. The molecule has 1 amide bonds. The van der Waals surface area contributed by atoms with Crippen LogP contribution in [0.15, 0.2) is 42.9 Å². The summed E-state index contributed by atoms with van der Waals surface area (Å²) >= 11 is 0. The number of esters is 1. The average Bonchev–Trinajstić information content (AvgIpc) is 3.18. The van der Waals surface area contributed by atoms with Crippen molar-refractivity contribution < 1.29 is 19.1 Å². The highest BCUT2D eigenvalue weighted by Gasteiger charge is 2.18. The number of hydrogen-bond acceptors (Lipinski definition) is 7. The van der Waals surface area contributed by atoms with Crippen LogP contribution in [-0.2, 0) is 16.0 Å². The maximum absolute atomic E-state index is 12.3. The van der Waals surface area contributed by atoms with E-state index in [0.29, 0.717) is 31.0 Å². The van der Waals surface area contributed by atoms with Crippen molar-refractivity contribution in [1.29, 1.82) is 0 Å². The first-order chi connectivity index (χ1) is 13.2. The van der Waals surface area contributed by atoms with Gasteiger partial charge in [0, 0.05) is 6.20 Å². The van der Waals surface area contributed by atoms with Gasteiger partial charge in [-0.2, -0.15) is 10.1 Å². The molecule has 0 aliphatic carbocycles. The molecule has 0 saturated carbocycles. The summed E-state index contributed by atoms with van der Waals surface area (Å²) < 4.78 is 12.0. The number of benzene rings is 1. The number of carbonyl (C=O) groups excluding carboxylic acids is 2. The average molecular weight is 369 g/mol. The van der Waals surface area contributed by atoms with Gasteiger partial charge in [-0.1, -0.05) is 25.1 Å². The van der Waals surface area contributed by atoms with Crippen LogP contribution in [0.1, 0.15) is 23.0 Å². The fourth-order valence-electron chi connectivity index (χ4n) is 2.47. The quantitative estimate of drug-likeness (QED) is 0.467. The third-order valence-electron chi connectivity index (χ3n) is 3.73. The Morgan fingerprint density at radius 2 is 2.00 bits per heavy atom. The van der Waals surface area contributed by atoms with Gasteiger partial charge in [-0.3, -0.25) is 4.79 Å². The highest BCUT2D eigenvalue weighted by Crippen LogP contribution is 2.11. The molecule has 0 spiro atoms. The Morgan fingerprint density at radius 1 is 1.19 bits per heavy atom. The first-order valence-corrected chi connectivity index (χ1v) is 8.48. The molecule has 9 heteroatoms. The van der Waals surface area contributed by atoms with Crippen LogP contribution in [0, 0.1) is 0 Å². The van der Waals surface area contributed by atoms with Gasteiger partial charge in [-0.25, -0.2) is 14.3 Å². The minimum absolute atomic E-state index is 0.260. The summed E-state index contributed by atoms with van der Waals surface area (Å²) in [6, 6.07) is 9.28. The van der Waals surface area contributed by atoms with E-state index in [4.69, 9.17) is 9.47 Å². The Morgan fingerprint density at radius 3 is 2.78 bits per heavy atom. The van der Waals surface area contributed by atoms with E-state index in [-0.39, 0.29) is 12.2 Å². The molecule has 0 radical (unpaired) electrons. The Labute approximate surface area is 155 Å². The van der Waals surface area contributed by atoms with E-state index in [9.17, 15) is 9.59 Å². The zero-order chi connectivity index (χ0) is 19.1. The van der Waals surface area contributed by atoms with Crippen molar-refractivity contribution in [2.45, 2.75) is 13.3 Å². The van der Waals surface area contributed by atoms with Crippen molar-refractivity contribution in [3.8, 4) is 5.75 Å². The highest BCUT2D eigenvalue weighted by molar-refractivity contribution is 5.92.